The van der Waals surface area contributed by atoms with Gasteiger partial charge in [0.05, 0.1) is 44.4 Å². The van der Waals surface area contributed by atoms with Crippen molar-refractivity contribution in [2.75, 3.05) is 26.3 Å². The number of carbonyl (C=O) groups excluding carboxylic acids is 2. The first kappa shape index (κ1) is 67.9. The van der Waals surface area contributed by atoms with Gasteiger partial charge in [-0.15, -0.1) is 0 Å². The summed E-state index contributed by atoms with van der Waals surface area (Å²) in [6.45, 7) is 19.1. The van der Waals surface area contributed by atoms with Crippen molar-refractivity contribution in [2.45, 2.75) is 196 Å². The lowest BCUT2D eigenvalue weighted by atomic mass is 9.81. The molecule has 3 aromatic carbocycles. The molecule has 486 valence electrons. The highest BCUT2D eigenvalue weighted by molar-refractivity contribution is 6.74. The fourth-order valence-corrected chi connectivity index (χ4v) is 13.0. The highest BCUT2D eigenvalue weighted by atomic mass is 28.4. The van der Waals surface area contributed by atoms with E-state index in [2.05, 4.69) is 30.7 Å². The third-order valence-electron chi connectivity index (χ3n) is 18.7. The van der Waals surface area contributed by atoms with Crippen LogP contribution in [0.1, 0.15) is 146 Å². The second kappa shape index (κ2) is 25.4. The fourth-order valence-electron chi connectivity index (χ4n) is 11.0. The predicted octanol–water partition coefficient (Wildman–Crippen LogP) is 15.6. The van der Waals surface area contributed by atoms with Crippen molar-refractivity contribution in [1.82, 2.24) is 35.3 Å². The van der Waals surface area contributed by atoms with E-state index in [1.54, 1.807) is 66.7 Å². The Balaban J connectivity index is 0.000000234. The number of hydrogen-bond acceptors (Lipinski definition) is 10. The fraction of sp³-hybridized carbons (Fsp3) is 0.617. The van der Waals surface area contributed by atoms with E-state index < -0.39 is 127 Å². The number of rotatable bonds is 17. The number of nitrogens with one attached hydrogen (secondary N) is 2. The number of amides is 5. The van der Waals surface area contributed by atoms with Crippen molar-refractivity contribution < 1.29 is 81.1 Å². The third-order valence-corrected chi connectivity index (χ3v) is 27.7. The van der Waals surface area contributed by atoms with Gasteiger partial charge in [-0.1, -0.05) is 84.0 Å². The molecule has 9 rings (SSSR count). The summed E-state index contributed by atoms with van der Waals surface area (Å²) in [5.41, 5.74) is 9.43. The molecule has 6 atom stereocenters. The summed E-state index contributed by atoms with van der Waals surface area (Å²) in [5.74, 6) is -5.98. The minimum absolute atomic E-state index is 0.0144. The number of aromatic nitrogens is 2. The molecule has 5 amide bonds. The normalized spacial score (nSPS) is 21.4. The number of carbonyl (C=O) groups is 3. The molecule has 0 bridgehead atoms. The number of urea groups is 2. The maximum absolute atomic E-state index is 14.2. The van der Waals surface area contributed by atoms with Gasteiger partial charge >= 0.3 is 30.5 Å². The average Bonchev–Trinajstić information content (AvgIpc) is 2.83. The molecular formula is C60H80F10N8O8Si2. The highest BCUT2D eigenvalue weighted by Gasteiger charge is 2.52. The van der Waals surface area contributed by atoms with Gasteiger partial charge in [-0.3, -0.25) is 4.90 Å². The largest absolute Gasteiger partial charge is 0.465 e. The van der Waals surface area contributed by atoms with E-state index in [4.69, 9.17) is 23.4 Å². The van der Waals surface area contributed by atoms with E-state index in [1.807, 2.05) is 57.6 Å². The molecule has 5 N–H and O–H groups in total. The minimum Gasteiger partial charge on any atom is -0.465 e. The molecule has 5 aromatic rings. The first-order valence-corrected chi connectivity index (χ1v) is 35.4. The number of halogens is 10. The number of nitrogens with two attached hydrogens (primary N) is 1. The smallest absolute Gasteiger partial charge is 0.410 e. The van der Waals surface area contributed by atoms with Crippen LogP contribution in [-0.2, 0) is 15.4 Å². The second-order valence-corrected chi connectivity index (χ2v) is 36.5. The van der Waals surface area contributed by atoms with Gasteiger partial charge in [0, 0.05) is 32.2 Å². The van der Waals surface area contributed by atoms with E-state index in [1.165, 1.54) is 0 Å². The van der Waals surface area contributed by atoms with Gasteiger partial charge < -0.3 is 49.0 Å². The summed E-state index contributed by atoms with van der Waals surface area (Å²) in [4.78, 5) is 51.0. The molecule has 2 saturated carbocycles. The summed E-state index contributed by atoms with van der Waals surface area (Å²) in [6, 6.07) is 9.58. The lowest BCUT2D eigenvalue weighted by Crippen LogP contribution is -2.44. The van der Waals surface area contributed by atoms with E-state index in [-0.39, 0.29) is 97.2 Å². The number of nitrogens with zero attached hydrogens (tertiary/aromatic N) is 5. The van der Waals surface area contributed by atoms with Gasteiger partial charge in [0.25, 0.3) is 0 Å². The van der Waals surface area contributed by atoms with Gasteiger partial charge in [0.15, 0.2) is 27.8 Å². The molecule has 0 radical (unpaired) electrons. The summed E-state index contributed by atoms with van der Waals surface area (Å²) in [5, 5.41) is 14.1. The van der Waals surface area contributed by atoms with Crippen molar-refractivity contribution in [1.29, 1.82) is 0 Å². The van der Waals surface area contributed by atoms with E-state index >= 15 is 0 Å². The predicted molar refractivity (Wildman–Crippen MR) is 313 cm³/mol. The molecule has 28 heteroatoms. The second-order valence-electron chi connectivity index (χ2n) is 26.9. The topological polar surface area (TPSA) is 202 Å². The molecule has 4 aliphatic rings. The van der Waals surface area contributed by atoms with Crippen molar-refractivity contribution in [3.8, 4) is 0 Å². The van der Waals surface area contributed by atoms with E-state index in [9.17, 15) is 63.4 Å². The summed E-state index contributed by atoms with van der Waals surface area (Å²) in [7, 11) is -4.71. The van der Waals surface area contributed by atoms with Crippen LogP contribution in [0.3, 0.4) is 0 Å². The first-order chi connectivity index (χ1) is 40.6. The monoisotopic (exact) mass is 1290 g/mol. The summed E-state index contributed by atoms with van der Waals surface area (Å²) in [6.07, 6.45) is -11.1. The maximum Gasteiger partial charge on any atom is 0.410 e. The Bertz CT molecular complexity index is 3240. The van der Waals surface area contributed by atoms with E-state index in [0.29, 0.717) is 27.8 Å². The Morgan fingerprint density at radius 2 is 1.07 bits per heavy atom. The van der Waals surface area contributed by atoms with Crippen molar-refractivity contribution >= 4 is 57.0 Å². The van der Waals surface area contributed by atoms with Crippen molar-refractivity contribution in [3.63, 3.8) is 0 Å². The zero-order valence-corrected chi connectivity index (χ0v) is 53.1. The Morgan fingerprint density at radius 1 is 0.670 bits per heavy atom. The molecule has 4 fully saturated rings. The van der Waals surface area contributed by atoms with E-state index in [0.717, 1.165) is 14.7 Å². The molecule has 4 heterocycles. The van der Waals surface area contributed by atoms with Crippen LogP contribution in [0.25, 0.3) is 22.2 Å². The quantitative estimate of drug-likeness (QED) is 0.0510. The Hall–Kier alpha value is -5.98. The van der Waals surface area contributed by atoms with Crippen LogP contribution in [0.4, 0.5) is 58.3 Å². The molecule has 2 aromatic heterocycles. The number of fused-ring (bicyclic) bond motifs is 2. The Morgan fingerprint density at radius 3 is 1.45 bits per heavy atom. The number of alkyl halides is 10. The first-order valence-electron chi connectivity index (χ1n) is 29.5. The molecule has 16 nitrogen and oxygen atoms in total. The van der Waals surface area contributed by atoms with Crippen LogP contribution in [0.15, 0.2) is 75.6 Å². The number of carboxylic acid groups (broad SMARTS) is 1. The zero-order valence-electron chi connectivity index (χ0n) is 51.1. The van der Waals surface area contributed by atoms with Crippen LogP contribution < -0.4 is 16.4 Å². The molecule has 2 aliphatic carbocycles. The maximum atomic E-state index is 14.2. The van der Waals surface area contributed by atoms with Gasteiger partial charge in [-0.25, -0.2) is 41.9 Å². The average molecular weight is 1290 g/mol. The molecule has 0 spiro atoms. The molecular weight excluding hydrogens is 1210 g/mol. The number of oxazole rings is 2. The summed E-state index contributed by atoms with van der Waals surface area (Å²) < 4.78 is 162. The number of benzene rings is 3. The van der Waals surface area contributed by atoms with Gasteiger partial charge in [-0.05, 0) is 115 Å². The lowest BCUT2D eigenvalue weighted by molar-refractivity contribution is -0.151. The molecule has 2 aliphatic heterocycles. The highest BCUT2D eigenvalue weighted by Crippen LogP contribution is 2.47. The van der Waals surface area contributed by atoms with Crippen molar-refractivity contribution in [3.05, 3.63) is 95.2 Å². The van der Waals surface area contributed by atoms with Crippen LogP contribution in [-0.4, -0.2) is 127 Å². The Labute approximate surface area is 506 Å². The van der Waals surface area contributed by atoms with Crippen LogP contribution in [0.5, 0.6) is 0 Å². The number of hydrogen-bond donors (Lipinski definition) is 4. The van der Waals surface area contributed by atoms with Crippen LogP contribution >= 0.6 is 0 Å². The summed E-state index contributed by atoms with van der Waals surface area (Å²) >= 11 is 0. The standard InChI is InChI=1S/C34H43F5N4O5Si.C26H37F5N4O3Si/c1-32(2,3)49(4,5)47-20-25(42-19-27(34(37,38)39)41-30(42)44)23-11-12-26-24(17-23)40-29(48-26)28(22-13-15-33(35,36)16-14-22)43(31(45)46)18-21-9-7-6-8-10-21;1-24(2,3)39(4,5)37-14-18(35-13-20(26(29,30)31)34-23(35)36)16-6-7-19-17(12-16)33-22(38-19)21(32)15-8-10-25(27,28)11-9-15/h6-12,17,22,25,27-28H,13-16,18-20H2,1-5H3,(H,41,44)(H,45,46);6-7,12,15,18,20-21H,8-11,13-14,32H2,1-5H3,(H,34,36)/t25-,27+,28+;18-,20+,21+/m11/s1. The van der Waals surface area contributed by atoms with Gasteiger partial charge in [0.2, 0.25) is 23.6 Å². The molecule has 0 unspecified atom stereocenters. The zero-order chi connectivity index (χ0) is 64.9. The third kappa shape index (κ3) is 15.8. The molecule has 88 heavy (non-hydrogen) atoms. The Kier molecular flexibility index (Phi) is 19.6. The lowest BCUT2D eigenvalue weighted by Gasteiger charge is -2.38. The van der Waals surface area contributed by atoms with Gasteiger partial charge in [-0.2, -0.15) is 26.3 Å². The van der Waals surface area contributed by atoms with Crippen LogP contribution in [0.2, 0.25) is 36.3 Å². The van der Waals surface area contributed by atoms with Gasteiger partial charge in [0.1, 0.15) is 29.2 Å². The minimum atomic E-state index is -4.64. The SMILES string of the molecule is CC(C)(C)[Si](C)(C)OC[C@H](c1ccc2oc([C@@H](N)C3CCC(F)(F)CC3)nc2c1)N1C[C@@H](C(F)(F)F)NC1=O.CC(C)(C)[Si](C)(C)OC[C@H](c1ccc2oc([C@H](C3CCC(F)(F)CC3)N(Cc3ccccc3)C(=O)O)nc2c1)N1C[C@@H](C(F)(F)F)NC1=O. The molecule has 2 saturated heterocycles. The van der Waals surface area contributed by atoms with Crippen LogP contribution in [0, 0.1) is 11.8 Å². The van der Waals surface area contributed by atoms with Crippen molar-refractivity contribution in [2.24, 2.45) is 17.6 Å².